The summed E-state index contributed by atoms with van der Waals surface area (Å²) >= 11 is 1.57. The van der Waals surface area contributed by atoms with E-state index in [-0.39, 0.29) is 0 Å². The average Bonchev–Trinajstić information content (AvgIpc) is 3.06. The van der Waals surface area contributed by atoms with Gasteiger partial charge in [-0.1, -0.05) is 30.3 Å². The van der Waals surface area contributed by atoms with Crippen LogP contribution in [0.3, 0.4) is 0 Å². The van der Waals surface area contributed by atoms with E-state index in [2.05, 4.69) is 4.99 Å². The van der Waals surface area contributed by atoms with Crippen LogP contribution in [0, 0.1) is 0 Å². The molecule has 6 heteroatoms. The number of thiophene rings is 1. The Kier molecular flexibility index (Phi) is 5.28. The summed E-state index contributed by atoms with van der Waals surface area (Å²) in [7, 11) is 0. The van der Waals surface area contributed by atoms with E-state index in [0.717, 1.165) is 42.6 Å². The van der Waals surface area contributed by atoms with E-state index < -0.39 is 11.7 Å². The molecule has 1 amide bonds. The number of carbonyl (C=O) groups excluding carboxylic acids is 1. The van der Waals surface area contributed by atoms with Crippen LogP contribution in [-0.2, 0) is 22.3 Å². The van der Waals surface area contributed by atoms with Crippen molar-refractivity contribution in [3.63, 3.8) is 0 Å². The van der Waals surface area contributed by atoms with Crippen LogP contribution < -0.4 is 5.73 Å². The number of nitrogens with zero attached hydrogens (tertiary/aromatic N) is 1. The minimum atomic E-state index is -0.792. The molecule has 1 aromatic carbocycles. The fourth-order valence-electron chi connectivity index (χ4n) is 3.66. The molecular formula is C23H24N2O3S. The highest BCUT2D eigenvalue weighted by atomic mass is 32.1. The quantitative estimate of drug-likeness (QED) is 0.712. The van der Waals surface area contributed by atoms with E-state index in [4.69, 9.17) is 15.2 Å². The SMILES string of the molecule is CC1(C)OC(c2ccccc2)=C/C(=C/C=N/c2sc3c(c2C(N)=O)CCCC3)O1. The van der Waals surface area contributed by atoms with E-state index in [0.29, 0.717) is 16.3 Å². The fraction of sp³-hybridized carbons (Fsp3) is 0.304. The third-order valence-corrected chi connectivity index (χ3v) is 6.08. The van der Waals surface area contributed by atoms with Gasteiger partial charge in [0, 0.05) is 36.6 Å². The predicted octanol–water partition coefficient (Wildman–Crippen LogP) is 5.14. The molecular weight excluding hydrogens is 384 g/mol. The fourth-order valence-corrected chi connectivity index (χ4v) is 4.91. The van der Waals surface area contributed by atoms with Crippen LogP contribution in [0.15, 0.2) is 53.2 Å². The Labute approximate surface area is 174 Å². The number of aryl methyl sites for hydroxylation is 1. The number of carbonyl (C=O) groups is 1. The molecule has 1 aliphatic carbocycles. The summed E-state index contributed by atoms with van der Waals surface area (Å²) in [6, 6.07) is 9.89. The summed E-state index contributed by atoms with van der Waals surface area (Å²) in [5.74, 6) is 0.190. The molecule has 0 spiro atoms. The second-order valence-electron chi connectivity index (χ2n) is 7.58. The molecule has 0 bridgehead atoms. The maximum atomic E-state index is 12.0. The third-order valence-electron chi connectivity index (χ3n) is 4.88. The van der Waals surface area contributed by atoms with Crippen LogP contribution in [0.4, 0.5) is 5.00 Å². The van der Waals surface area contributed by atoms with Gasteiger partial charge in [0.15, 0.2) is 0 Å². The molecule has 0 saturated heterocycles. The van der Waals surface area contributed by atoms with E-state index >= 15 is 0 Å². The number of rotatable bonds is 4. The first-order valence-electron chi connectivity index (χ1n) is 9.77. The summed E-state index contributed by atoms with van der Waals surface area (Å²) in [4.78, 5) is 17.8. The van der Waals surface area contributed by atoms with Gasteiger partial charge in [-0.2, -0.15) is 0 Å². The first kappa shape index (κ1) is 19.5. The van der Waals surface area contributed by atoms with Gasteiger partial charge >= 0.3 is 0 Å². The maximum Gasteiger partial charge on any atom is 0.252 e. The number of amides is 1. The smallest absolute Gasteiger partial charge is 0.252 e. The summed E-state index contributed by atoms with van der Waals surface area (Å²) in [6.07, 6.45) is 9.44. The first-order chi connectivity index (χ1) is 13.9. The van der Waals surface area contributed by atoms with Crippen molar-refractivity contribution in [1.29, 1.82) is 0 Å². The van der Waals surface area contributed by atoms with Crippen molar-refractivity contribution in [1.82, 2.24) is 0 Å². The van der Waals surface area contributed by atoms with Gasteiger partial charge in [-0.3, -0.25) is 4.79 Å². The van der Waals surface area contributed by atoms with Gasteiger partial charge < -0.3 is 15.2 Å². The van der Waals surface area contributed by atoms with Crippen molar-refractivity contribution in [2.45, 2.75) is 45.3 Å². The largest absolute Gasteiger partial charge is 0.453 e. The third kappa shape index (κ3) is 4.27. The van der Waals surface area contributed by atoms with Gasteiger partial charge in [0.25, 0.3) is 5.91 Å². The molecule has 1 aliphatic heterocycles. The summed E-state index contributed by atoms with van der Waals surface area (Å²) in [5, 5.41) is 0.680. The van der Waals surface area contributed by atoms with Crippen LogP contribution in [0.2, 0.25) is 0 Å². The van der Waals surface area contributed by atoms with E-state index in [1.165, 1.54) is 4.88 Å². The highest BCUT2D eigenvalue weighted by Gasteiger charge is 2.28. The van der Waals surface area contributed by atoms with Gasteiger partial charge in [-0.25, -0.2) is 4.99 Å². The Morgan fingerprint density at radius 1 is 1.17 bits per heavy atom. The van der Waals surface area contributed by atoms with Gasteiger partial charge in [-0.05, 0) is 37.3 Å². The van der Waals surface area contributed by atoms with Gasteiger partial charge in [0.2, 0.25) is 5.79 Å². The number of ether oxygens (including phenoxy) is 2. The number of aliphatic imine (C=N–C) groups is 1. The molecule has 2 aromatic rings. The number of allylic oxidation sites excluding steroid dienone is 2. The van der Waals surface area contributed by atoms with Crippen molar-refractivity contribution in [2.75, 3.05) is 0 Å². The van der Waals surface area contributed by atoms with Gasteiger partial charge in [0.1, 0.15) is 16.5 Å². The molecule has 29 heavy (non-hydrogen) atoms. The number of fused-ring (bicyclic) bond motifs is 1. The Morgan fingerprint density at radius 3 is 2.69 bits per heavy atom. The molecule has 2 heterocycles. The summed E-state index contributed by atoms with van der Waals surface area (Å²) in [6.45, 7) is 3.73. The molecule has 5 nitrogen and oxygen atoms in total. The van der Waals surface area contributed by atoms with Gasteiger partial charge in [0.05, 0.1) is 5.56 Å². The number of hydrogen-bond donors (Lipinski definition) is 1. The summed E-state index contributed by atoms with van der Waals surface area (Å²) in [5.41, 5.74) is 8.29. The topological polar surface area (TPSA) is 73.9 Å². The Bertz CT molecular complexity index is 1020. The molecule has 4 rings (SSSR count). The summed E-state index contributed by atoms with van der Waals surface area (Å²) < 4.78 is 11.9. The van der Waals surface area contributed by atoms with Crippen molar-refractivity contribution in [3.8, 4) is 0 Å². The Morgan fingerprint density at radius 2 is 1.93 bits per heavy atom. The highest BCUT2D eigenvalue weighted by molar-refractivity contribution is 7.16. The van der Waals surface area contributed by atoms with Crippen LogP contribution >= 0.6 is 11.3 Å². The molecule has 0 radical (unpaired) electrons. The minimum absolute atomic E-state index is 0.404. The van der Waals surface area contributed by atoms with Crippen LogP contribution in [0.25, 0.3) is 5.76 Å². The second-order valence-corrected chi connectivity index (χ2v) is 8.66. The van der Waals surface area contributed by atoms with Crippen molar-refractivity contribution < 1.29 is 14.3 Å². The molecule has 2 N–H and O–H groups in total. The molecule has 1 aromatic heterocycles. The van der Waals surface area contributed by atoms with E-state index in [9.17, 15) is 4.79 Å². The Hall–Kier alpha value is -2.86. The lowest BCUT2D eigenvalue weighted by Gasteiger charge is -2.33. The lowest BCUT2D eigenvalue weighted by atomic mass is 9.95. The maximum absolute atomic E-state index is 12.0. The van der Waals surface area contributed by atoms with Gasteiger partial charge in [-0.15, -0.1) is 11.3 Å². The molecule has 0 saturated carbocycles. The number of hydrogen-bond acceptors (Lipinski definition) is 5. The van der Waals surface area contributed by atoms with Crippen molar-refractivity contribution >= 4 is 34.2 Å². The van der Waals surface area contributed by atoms with Crippen LogP contribution in [0.5, 0.6) is 0 Å². The number of primary amides is 1. The molecule has 2 aliphatic rings. The number of nitrogens with two attached hydrogens (primary N) is 1. The second kappa shape index (κ2) is 7.87. The van der Waals surface area contributed by atoms with E-state index in [1.807, 2.05) is 50.3 Å². The van der Waals surface area contributed by atoms with Crippen LogP contribution in [-0.4, -0.2) is 17.9 Å². The number of benzene rings is 1. The molecule has 0 fully saturated rings. The average molecular weight is 409 g/mol. The van der Waals surface area contributed by atoms with E-state index in [1.54, 1.807) is 23.6 Å². The highest BCUT2D eigenvalue weighted by Crippen LogP contribution is 2.39. The Balaban J connectivity index is 1.64. The molecule has 0 unspecified atom stereocenters. The zero-order chi connectivity index (χ0) is 20.4. The van der Waals surface area contributed by atoms with Crippen LogP contribution in [0.1, 0.15) is 53.1 Å². The predicted molar refractivity (Wildman–Crippen MR) is 116 cm³/mol. The lowest BCUT2D eigenvalue weighted by molar-refractivity contribution is -0.149. The monoisotopic (exact) mass is 408 g/mol. The molecule has 0 atom stereocenters. The minimum Gasteiger partial charge on any atom is -0.453 e. The van der Waals surface area contributed by atoms with Crippen molar-refractivity contribution in [2.24, 2.45) is 10.7 Å². The zero-order valence-corrected chi connectivity index (χ0v) is 17.4. The lowest BCUT2D eigenvalue weighted by Crippen LogP contribution is -2.30. The zero-order valence-electron chi connectivity index (χ0n) is 16.6. The standard InChI is InChI=1S/C23H24N2O3S/c1-23(2)27-16(14-18(28-23)15-8-4-3-5-9-15)12-13-25-22-20(21(24)26)17-10-6-7-11-19(17)29-22/h3-5,8-9,12-14H,6-7,10-11H2,1-2H3,(H2,24,26)/b16-12-,25-13+. The normalized spacial score (nSPS) is 19.4. The molecule has 150 valence electrons. The first-order valence-corrected chi connectivity index (χ1v) is 10.6. The van der Waals surface area contributed by atoms with Crippen molar-refractivity contribution in [3.05, 3.63) is 69.8 Å².